The van der Waals surface area contributed by atoms with Crippen LogP contribution in [0.25, 0.3) is 0 Å². The summed E-state index contributed by atoms with van der Waals surface area (Å²) in [4.78, 5) is 0. The summed E-state index contributed by atoms with van der Waals surface area (Å²) in [6.07, 6.45) is 0. The van der Waals surface area contributed by atoms with Crippen molar-refractivity contribution in [3.05, 3.63) is 0 Å². The van der Waals surface area contributed by atoms with Crippen LogP contribution in [0.5, 0.6) is 0 Å². The van der Waals surface area contributed by atoms with Crippen LogP contribution in [0.4, 0.5) is 21.3 Å². The van der Waals surface area contributed by atoms with Crippen LogP contribution in [0, 0.1) is 0 Å². The zero-order chi connectivity index (χ0) is 6.41. The average Bonchev–Trinajstić information content (AvgIpc) is 0.592. The molecular weight excluding hydrogens is 208 g/mol. The standard InChI is InChI=1S/6FH.K.Mn/h6*1H;;/q;;;;;;;+6/p-6. The summed E-state index contributed by atoms with van der Waals surface area (Å²) in [5.74, 6) is 0. The van der Waals surface area contributed by atoms with Crippen LogP contribution < -0.4 is 0 Å². The molecule has 0 nitrogen and oxygen atoms in total. The van der Waals surface area contributed by atoms with E-state index in [0.29, 0.717) is 0 Å². The van der Waals surface area contributed by atoms with Crippen molar-refractivity contribution in [1.29, 1.82) is 0 Å². The normalized spacial score (nSPS) is 20.2. The topological polar surface area (TPSA) is 0 Å². The molecule has 0 aromatic rings. The molecule has 0 aliphatic heterocycles. The molecule has 0 N–H and O–H groups in total. The first kappa shape index (κ1) is 12.4. The van der Waals surface area contributed by atoms with Crippen LogP contribution in [0.15, 0.2) is 0 Å². The Morgan fingerprint density at radius 3 is 0.625 bits per heavy atom. The van der Waals surface area contributed by atoms with Crippen molar-refractivity contribution >= 4 is 51.4 Å². The van der Waals surface area contributed by atoms with Crippen LogP contribution in [0.3, 0.4) is 0 Å². The summed E-state index contributed by atoms with van der Waals surface area (Å²) in [5, 5.41) is 0. The van der Waals surface area contributed by atoms with E-state index in [1.165, 1.54) is 0 Å². The number of halogens is 6. The third-order valence-electron chi connectivity index (χ3n) is 0. The van der Waals surface area contributed by atoms with E-state index >= 15 is 0 Å². The van der Waals surface area contributed by atoms with Crippen molar-refractivity contribution in [1.82, 2.24) is 0 Å². The van der Waals surface area contributed by atoms with Gasteiger partial charge >= 0.3 is 34.8 Å². The first-order valence-electron chi connectivity index (χ1n) is 0.857. The Hall–Kier alpha value is 1.74. The van der Waals surface area contributed by atoms with E-state index in [1.807, 2.05) is 0 Å². The summed E-state index contributed by atoms with van der Waals surface area (Å²) in [5.41, 5.74) is 0. The van der Waals surface area contributed by atoms with E-state index in [9.17, 15) is 21.3 Å². The molecule has 0 aliphatic carbocycles. The Balaban J connectivity index is 0. The van der Waals surface area contributed by atoms with Crippen LogP contribution in [-0.4, -0.2) is 51.4 Å². The van der Waals surface area contributed by atoms with Gasteiger partial charge in [0.25, 0.3) is 0 Å². The summed E-state index contributed by atoms with van der Waals surface area (Å²) in [6, 6.07) is 0. The summed E-state index contributed by atoms with van der Waals surface area (Å²) >= 11 is -10.9. The van der Waals surface area contributed by atoms with Crippen LogP contribution >= 0.6 is 0 Å². The fourth-order valence-electron chi connectivity index (χ4n) is 0. The zero-order valence-electron chi connectivity index (χ0n) is 3.65. The molecule has 50 valence electrons. The van der Waals surface area contributed by atoms with Gasteiger partial charge in [-0.25, -0.2) is 0 Å². The maximum Gasteiger partial charge on any atom is 0 e. The van der Waals surface area contributed by atoms with Crippen LogP contribution in [0.2, 0.25) is 0 Å². The Morgan fingerprint density at radius 2 is 0.625 bits per heavy atom. The number of hydrogen-bond donors (Lipinski definition) is 0. The second-order valence-electron chi connectivity index (χ2n) is 0.810. The Bertz CT molecular complexity index is 67.1. The maximum absolute atomic E-state index is 10.9. The van der Waals surface area contributed by atoms with E-state index < -0.39 is 13.5 Å². The van der Waals surface area contributed by atoms with E-state index in [1.54, 1.807) is 0 Å². The Kier molecular flexibility index (Phi) is 2.90. The fraction of sp³-hybridized carbons (Fsp3) is 0. The minimum atomic E-state index is -10.9. The minimum absolute atomic E-state index is 0. The molecule has 0 saturated carbocycles. The molecule has 0 amide bonds. The van der Waals surface area contributed by atoms with Gasteiger partial charge in [-0.05, 0) is 0 Å². The largest absolute Gasteiger partial charge is 0 e. The minimum Gasteiger partial charge on any atom is 0 e. The van der Waals surface area contributed by atoms with Crippen molar-refractivity contribution in [2.75, 3.05) is 0 Å². The SMILES string of the molecule is [F][Mn]([F])([F])([F])([F])[F].[K]. The quantitative estimate of drug-likeness (QED) is 0.422. The third kappa shape index (κ3) is 116. The van der Waals surface area contributed by atoms with E-state index in [2.05, 4.69) is 0 Å². The van der Waals surface area contributed by atoms with Gasteiger partial charge in [0.2, 0.25) is 0 Å². The molecule has 1 radical (unpaired) electrons. The predicted molar refractivity (Wildman–Crippen MR) is 12.4 cm³/mol. The Labute approximate surface area is 84.7 Å². The van der Waals surface area contributed by atoms with Gasteiger partial charge in [-0.2, -0.15) is 0 Å². The van der Waals surface area contributed by atoms with Gasteiger partial charge in [-0.15, -0.1) is 0 Å². The summed E-state index contributed by atoms with van der Waals surface area (Å²) in [7, 11) is 0. The van der Waals surface area contributed by atoms with E-state index in [0.717, 1.165) is 0 Å². The van der Waals surface area contributed by atoms with Gasteiger partial charge < -0.3 is 0 Å². The van der Waals surface area contributed by atoms with Crippen molar-refractivity contribution in [2.24, 2.45) is 0 Å². The molecule has 0 bridgehead atoms. The molecule has 0 unspecified atom stereocenters. The first-order chi connectivity index (χ1) is 2.45. The van der Waals surface area contributed by atoms with Crippen LogP contribution in [0.1, 0.15) is 0 Å². The van der Waals surface area contributed by atoms with Gasteiger partial charge in [0.15, 0.2) is 0 Å². The molecule has 0 aromatic heterocycles. The second-order valence-corrected chi connectivity index (χ2v) is 3.34. The van der Waals surface area contributed by atoms with Gasteiger partial charge in [0.05, 0.1) is 0 Å². The monoisotopic (exact) mass is 208 g/mol. The number of rotatable bonds is 0. The van der Waals surface area contributed by atoms with Crippen molar-refractivity contribution in [2.45, 2.75) is 0 Å². The second kappa shape index (κ2) is 1.87. The molecule has 0 atom stereocenters. The number of hydrogen-bond acceptors (Lipinski definition) is 0. The third-order valence-corrected chi connectivity index (χ3v) is 0. The summed E-state index contributed by atoms with van der Waals surface area (Å²) in [6.45, 7) is 0. The molecule has 8 heteroatoms. The van der Waals surface area contributed by atoms with Gasteiger partial charge in [0.1, 0.15) is 0 Å². The summed E-state index contributed by atoms with van der Waals surface area (Å²) < 4.78 is 59.3. The molecule has 0 fully saturated rings. The zero-order valence-corrected chi connectivity index (χ0v) is 7.95. The van der Waals surface area contributed by atoms with E-state index in [-0.39, 0.29) is 51.4 Å². The van der Waals surface area contributed by atoms with Crippen LogP contribution in [-0.2, 0) is 13.5 Å². The maximum atomic E-state index is 9.89. The molecule has 0 heterocycles. The van der Waals surface area contributed by atoms with Crippen molar-refractivity contribution < 1.29 is 34.8 Å². The first-order valence-corrected chi connectivity index (χ1v) is 3.53. The predicted octanol–water partition coefficient (Wildman–Crippen LogP) is 2.14. The fourth-order valence-corrected chi connectivity index (χ4v) is 0. The molecular formula is F6KMn. The van der Waals surface area contributed by atoms with Crippen molar-refractivity contribution in [3.63, 3.8) is 0 Å². The average molecular weight is 208 g/mol. The smallest absolute Gasteiger partial charge is 0 e. The molecule has 0 aromatic carbocycles. The molecule has 0 saturated heterocycles. The molecule has 0 rings (SSSR count). The molecule has 0 aliphatic rings. The van der Waals surface area contributed by atoms with Crippen molar-refractivity contribution in [3.8, 4) is 0 Å². The Morgan fingerprint density at radius 1 is 0.625 bits per heavy atom. The van der Waals surface area contributed by atoms with E-state index in [4.69, 9.17) is 0 Å². The molecule has 8 heavy (non-hydrogen) atoms. The molecule has 0 spiro atoms. The van der Waals surface area contributed by atoms with Gasteiger partial charge in [-0.1, -0.05) is 0 Å². The van der Waals surface area contributed by atoms with Gasteiger partial charge in [-0.3, -0.25) is 0 Å². The van der Waals surface area contributed by atoms with Gasteiger partial charge in [0, 0.05) is 51.4 Å².